The summed E-state index contributed by atoms with van der Waals surface area (Å²) in [6, 6.07) is 4.06. The molecule has 3 heterocycles. The summed E-state index contributed by atoms with van der Waals surface area (Å²) in [4.78, 5) is 19.4. The first-order valence-electron chi connectivity index (χ1n) is 9.59. The molecule has 0 aromatic heterocycles. The van der Waals surface area contributed by atoms with Gasteiger partial charge in [-0.15, -0.1) is 0 Å². The van der Waals surface area contributed by atoms with Gasteiger partial charge in [-0.2, -0.15) is 0 Å². The van der Waals surface area contributed by atoms with Gasteiger partial charge in [0.25, 0.3) is 5.91 Å². The average Bonchev–Trinajstić information content (AvgIpc) is 3.28. The second-order valence-corrected chi connectivity index (χ2v) is 7.85. The number of rotatable bonds is 4. The van der Waals surface area contributed by atoms with Gasteiger partial charge >= 0.3 is 0 Å². The summed E-state index contributed by atoms with van der Waals surface area (Å²) in [6.45, 7) is 6.05. The van der Waals surface area contributed by atoms with Crippen LogP contribution in [0.3, 0.4) is 0 Å². The van der Waals surface area contributed by atoms with Crippen LogP contribution in [0.25, 0.3) is 0 Å². The summed E-state index contributed by atoms with van der Waals surface area (Å²) in [7, 11) is 0. The molecule has 0 radical (unpaired) electrons. The largest absolute Gasteiger partial charge is 0.487 e. The van der Waals surface area contributed by atoms with E-state index in [9.17, 15) is 4.79 Å². The van der Waals surface area contributed by atoms with Crippen molar-refractivity contribution in [3.63, 3.8) is 0 Å². The molecule has 1 amide bonds. The topological polar surface area (TPSA) is 89.8 Å². The van der Waals surface area contributed by atoms with Gasteiger partial charge in [0.05, 0.1) is 16.9 Å². The summed E-state index contributed by atoms with van der Waals surface area (Å²) in [5.41, 5.74) is 2.75. The van der Waals surface area contributed by atoms with Crippen LogP contribution in [0, 0.1) is 5.41 Å². The van der Waals surface area contributed by atoms with Crippen LogP contribution >= 0.6 is 0 Å². The van der Waals surface area contributed by atoms with E-state index in [2.05, 4.69) is 34.4 Å². The normalized spacial score (nSPS) is 21.0. The first kappa shape index (κ1) is 18.3. The van der Waals surface area contributed by atoms with Crippen LogP contribution in [0.5, 0.6) is 5.75 Å². The van der Waals surface area contributed by atoms with Crippen LogP contribution in [0.2, 0.25) is 0 Å². The Kier molecular flexibility index (Phi) is 4.66. The zero-order chi connectivity index (χ0) is 19.7. The Morgan fingerprint density at radius 2 is 2.14 bits per heavy atom. The molecule has 1 aromatic carbocycles. The van der Waals surface area contributed by atoms with Crippen molar-refractivity contribution in [1.29, 1.82) is 5.41 Å². The molecule has 4 rings (SSSR count). The third-order valence-corrected chi connectivity index (χ3v) is 5.13. The summed E-state index contributed by atoms with van der Waals surface area (Å²) >= 11 is 0. The molecular formula is C21H25N5O2. The lowest BCUT2D eigenvalue weighted by atomic mass is 10.0. The Labute approximate surface area is 164 Å². The molecular weight excluding hydrogens is 354 g/mol. The van der Waals surface area contributed by atoms with Crippen LogP contribution in [0.1, 0.15) is 32.3 Å². The fraction of sp³-hybridized carbons (Fsp3) is 0.381. The number of hydrogen-bond acceptors (Lipinski definition) is 6. The van der Waals surface area contributed by atoms with Crippen LogP contribution in [0.15, 0.2) is 40.8 Å². The standard InChI is InChI=1S/C21H25N5O2/c1-21(2)12-14-10-16(17(11-18(14)28-21)26-8-3-4-9-26)25-20(27)15(13-22)19-23-6-5-7-24-19/h5-7,10-11,13,22-23H,3-4,8-9,12H2,1-2H3,(H,25,27)/b19-15-,22-13?. The molecule has 3 N–H and O–H groups in total. The Bertz CT molecular complexity index is 908. The van der Waals surface area contributed by atoms with E-state index in [4.69, 9.17) is 10.1 Å². The molecule has 7 heteroatoms. The smallest absolute Gasteiger partial charge is 0.261 e. The number of ether oxygens (including phenoxy) is 1. The van der Waals surface area contributed by atoms with Crippen LogP contribution in [-0.4, -0.2) is 37.0 Å². The number of anilines is 2. The lowest BCUT2D eigenvalue weighted by Crippen LogP contribution is -2.24. The van der Waals surface area contributed by atoms with Gasteiger partial charge in [0, 0.05) is 49.8 Å². The molecule has 28 heavy (non-hydrogen) atoms. The minimum atomic E-state index is -0.358. The summed E-state index contributed by atoms with van der Waals surface area (Å²) in [5, 5.41) is 13.6. The quantitative estimate of drug-likeness (QED) is 0.554. The maximum absolute atomic E-state index is 12.9. The fourth-order valence-corrected chi connectivity index (χ4v) is 3.86. The van der Waals surface area contributed by atoms with Gasteiger partial charge in [-0.25, -0.2) is 4.99 Å². The lowest BCUT2D eigenvalue weighted by molar-refractivity contribution is -0.112. The van der Waals surface area contributed by atoms with Gasteiger partial charge in [-0.1, -0.05) is 0 Å². The lowest BCUT2D eigenvalue weighted by Gasteiger charge is -2.23. The number of carbonyl (C=O) groups excluding carboxylic acids is 1. The van der Waals surface area contributed by atoms with E-state index in [1.807, 2.05) is 12.1 Å². The molecule has 1 saturated heterocycles. The predicted octanol–water partition coefficient (Wildman–Crippen LogP) is 2.99. The Hall–Kier alpha value is -3.09. The molecule has 1 fully saturated rings. The number of allylic oxidation sites excluding steroid dienone is 1. The molecule has 3 aliphatic rings. The van der Waals surface area contributed by atoms with Gasteiger partial charge < -0.3 is 25.7 Å². The van der Waals surface area contributed by atoms with Crippen molar-refractivity contribution < 1.29 is 9.53 Å². The number of hydrogen-bond donors (Lipinski definition) is 3. The van der Waals surface area contributed by atoms with E-state index in [1.165, 1.54) is 0 Å². The van der Waals surface area contributed by atoms with E-state index in [1.54, 1.807) is 18.5 Å². The maximum atomic E-state index is 12.9. The number of amides is 1. The summed E-state index contributed by atoms with van der Waals surface area (Å²) in [5.74, 6) is 0.895. The number of fused-ring (bicyclic) bond motifs is 1. The number of nitrogens with one attached hydrogen (secondary N) is 3. The van der Waals surface area contributed by atoms with E-state index >= 15 is 0 Å². The number of aliphatic imine (C=N–C) groups is 1. The van der Waals surface area contributed by atoms with Gasteiger partial charge in [0.2, 0.25) is 0 Å². The van der Waals surface area contributed by atoms with Gasteiger partial charge in [-0.05, 0) is 38.8 Å². The zero-order valence-corrected chi connectivity index (χ0v) is 16.2. The molecule has 0 atom stereocenters. The van der Waals surface area contributed by atoms with Crippen LogP contribution in [0.4, 0.5) is 11.4 Å². The number of benzene rings is 1. The van der Waals surface area contributed by atoms with E-state index in [0.717, 1.165) is 61.3 Å². The van der Waals surface area contributed by atoms with E-state index < -0.39 is 0 Å². The number of nitrogens with zero attached hydrogens (tertiary/aromatic N) is 2. The predicted molar refractivity (Wildman–Crippen MR) is 112 cm³/mol. The molecule has 3 aliphatic heterocycles. The SMILES string of the molecule is CC1(C)Cc2cc(NC(=O)/C(C=N)=C3\N=CC=CN3)c(N3CCCC3)cc2O1. The fourth-order valence-electron chi connectivity index (χ4n) is 3.86. The van der Waals surface area contributed by atoms with Crippen molar-refractivity contribution in [2.24, 2.45) is 4.99 Å². The molecule has 7 nitrogen and oxygen atoms in total. The monoisotopic (exact) mass is 379 g/mol. The zero-order valence-electron chi connectivity index (χ0n) is 16.2. The highest BCUT2D eigenvalue weighted by Crippen LogP contribution is 2.42. The van der Waals surface area contributed by atoms with Crippen LogP contribution < -0.4 is 20.3 Å². The van der Waals surface area contributed by atoms with Crippen molar-refractivity contribution in [3.8, 4) is 5.75 Å². The first-order valence-corrected chi connectivity index (χ1v) is 9.59. The van der Waals surface area contributed by atoms with E-state index in [-0.39, 0.29) is 17.1 Å². The molecule has 0 bridgehead atoms. The minimum Gasteiger partial charge on any atom is -0.487 e. The molecule has 0 aliphatic carbocycles. The van der Waals surface area contributed by atoms with Crippen molar-refractivity contribution in [2.45, 2.75) is 38.7 Å². The summed E-state index contributed by atoms with van der Waals surface area (Å²) < 4.78 is 6.10. The molecule has 146 valence electrons. The maximum Gasteiger partial charge on any atom is 0.261 e. The first-order chi connectivity index (χ1) is 13.5. The third kappa shape index (κ3) is 3.52. The van der Waals surface area contributed by atoms with Crippen molar-refractivity contribution in [2.75, 3.05) is 23.3 Å². The third-order valence-electron chi connectivity index (χ3n) is 5.13. The van der Waals surface area contributed by atoms with E-state index in [0.29, 0.717) is 5.82 Å². The minimum absolute atomic E-state index is 0.185. The Morgan fingerprint density at radius 3 is 2.82 bits per heavy atom. The van der Waals surface area contributed by atoms with Crippen molar-refractivity contribution in [1.82, 2.24) is 5.32 Å². The second-order valence-electron chi connectivity index (χ2n) is 7.85. The summed E-state index contributed by atoms with van der Waals surface area (Å²) in [6.07, 6.45) is 9.10. The van der Waals surface area contributed by atoms with Gasteiger partial charge in [0.1, 0.15) is 17.2 Å². The molecule has 0 saturated carbocycles. The highest BCUT2D eigenvalue weighted by molar-refractivity contribution is 6.18. The van der Waals surface area contributed by atoms with Crippen molar-refractivity contribution >= 4 is 29.7 Å². The van der Waals surface area contributed by atoms with Gasteiger partial charge in [0.15, 0.2) is 0 Å². The highest BCUT2D eigenvalue weighted by Gasteiger charge is 2.32. The average molecular weight is 379 g/mol. The molecule has 0 spiro atoms. The molecule has 1 aromatic rings. The Balaban J connectivity index is 1.68. The second kappa shape index (κ2) is 7.14. The van der Waals surface area contributed by atoms with Crippen LogP contribution in [-0.2, 0) is 11.2 Å². The Morgan fingerprint density at radius 1 is 1.36 bits per heavy atom. The highest BCUT2D eigenvalue weighted by atomic mass is 16.5. The molecule has 0 unspecified atom stereocenters. The van der Waals surface area contributed by atoms with Crippen molar-refractivity contribution in [3.05, 3.63) is 41.4 Å². The number of carbonyl (C=O) groups is 1. The van der Waals surface area contributed by atoms with Gasteiger partial charge in [-0.3, -0.25) is 4.79 Å².